The molecule has 4 rings (SSSR count). The highest BCUT2D eigenvalue weighted by atomic mass is 32.1. The molecule has 1 saturated heterocycles. The molecule has 0 saturated carbocycles. The van der Waals surface area contributed by atoms with Gasteiger partial charge < -0.3 is 10.2 Å². The van der Waals surface area contributed by atoms with Gasteiger partial charge in [-0.05, 0) is 38.0 Å². The number of hydrogen-bond acceptors (Lipinski definition) is 4. The lowest BCUT2D eigenvalue weighted by Crippen LogP contribution is -2.35. The Kier molecular flexibility index (Phi) is 5.21. The van der Waals surface area contributed by atoms with Crippen LogP contribution in [0.2, 0.25) is 0 Å². The molecule has 28 heavy (non-hydrogen) atoms. The minimum Gasteiger partial charge on any atom is -0.321 e. The number of anilines is 2. The van der Waals surface area contributed by atoms with Crippen LogP contribution in [-0.2, 0) is 4.79 Å². The minimum atomic E-state index is -0.181. The standard InChI is InChI=1S/C22H21N3O2S/c1-15-20(28-22(23-15)16-8-3-2-4-9-16)21(27)24-17-10-7-11-18(14-17)25-13-6-5-12-19(25)26/h2-4,7-11,14H,5-6,12-13H2,1H3,(H,24,27). The van der Waals surface area contributed by atoms with Crippen molar-refractivity contribution >= 4 is 34.5 Å². The Morgan fingerprint density at radius 1 is 1.11 bits per heavy atom. The molecule has 1 N–H and O–H groups in total. The quantitative estimate of drug-likeness (QED) is 0.689. The van der Waals surface area contributed by atoms with Crippen molar-refractivity contribution in [2.45, 2.75) is 26.2 Å². The predicted molar refractivity (Wildman–Crippen MR) is 113 cm³/mol. The highest BCUT2D eigenvalue weighted by Crippen LogP contribution is 2.29. The van der Waals surface area contributed by atoms with Crippen LogP contribution in [0.1, 0.15) is 34.6 Å². The van der Waals surface area contributed by atoms with Crippen LogP contribution in [0.15, 0.2) is 54.6 Å². The van der Waals surface area contributed by atoms with Gasteiger partial charge in [0, 0.05) is 29.9 Å². The summed E-state index contributed by atoms with van der Waals surface area (Å²) in [6.07, 6.45) is 2.53. The molecule has 1 aromatic heterocycles. The lowest BCUT2D eigenvalue weighted by Gasteiger charge is -2.27. The van der Waals surface area contributed by atoms with Gasteiger partial charge in [0.1, 0.15) is 9.88 Å². The molecule has 3 aromatic rings. The van der Waals surface area contributed by atoms with E-state index in [1.54, 1.807) is 4.90 Å². The molecule has 2 aromatic carbocycles. The van der Waals surface area contributed by atoms with E-state index >= 15 is 0 Å². The molecule has 1 fully saturated rings. The van der Waals surface area contributed by atoms with Crippen molar-refractivity contribution in [3.8, 4) is 10.6 Å². The molecule has 0 atom stereocenters. The Morgan fingerprint density at radius 2 is 1.93 bits per heavy atom. The third kappa shape index (κ3) is 3.82. The van der Waals surface area contributed by atoms with E-state index < -0.39 is 0 Å². The average molecular weight is 391 g/mol. The van der Waals surface area contributed by atoms with E-state index in [-0.39, 0.29) is 11.8 Å². The zero-order chi connectivity index (χ0) is 19.5. The number of carbonyl (C=O) groups excluding carboxylic acids is 2. The molecular formula is C22H21N3O2S. The van der Waals surface area contributed by atoms with Crippen molar-refractivity contribution in [2.24, 2.45) is 0 Å². The lowest BCUT2D eigenvalue weighted by molar-refractivity contribution is -0.119. The van der Waals surface area contributed by atoms with Crippen LogP contribution >= 0.6 is 11.3 Å². The Hall–Kier alpha value is -2.99. The number of amides is 2. The van der Waals surface area contributed by atoms with Gasteiger partial charge in [-0.2, -0.15) is 0 Å². The van der Waals surface area contributed by atoms with E-state index in [0.717, 1.165) is 35.6 Å². The molecule has 142 valence electrons. The van der Waals surface area contributed by atoms with E-state index in [1.165, 1.54) is 11.3 Å². The molecule has 0 spiro atoms. The maximum Gasteiger partial charge on any atom is 0.267 e. The SMILES string of the molecule is Cc1nc(-c2ccccc2)sc1C(=O)Nc1cccc(N2CCCCC2=O)c1. The van der Waals surface area contributed by atoms with E-state index in [9.17, 15) is 9.59 Å². The second-order valence-corrected chi connectivity index (χ2v) is 7.81. The van der Waals surface area contributed by atoms with Crippen molar-refractivity contribution in [1.82, 2.24) is 4.98 Å². The van der Waals surface area contributed by atoms with Crippen molar-refractivity contribution in [3.05, 3.63) is 65.2 Å². The lowest BCUT2D eigenvalue weighted by atomic mass is 10.1. The van der Waals surface area contributed by atoms with Gasteiger partial charge in [-0.3, -0.25) is 9.59 Å². The maximum atomic E-state index is 12.8. The van der Waals surface area contributed by atoms with Crippen molar-refractivity contribution < 1.29 is 9.59 Å². The van der Waals surface area contributed by atoms with Gasteiger partial charge in [-0.15, -0.1) is 11.3 Å². The summed E-state index contributed by atoms with van der Waals surface area (Å²) in [6, 6.07) is 17.3. The van der Waals surface area contributed by atoms with Crippen molar-refractivity contribution in [1.29, 1.82) is 0 Å². The number of aromatic nitrogens is 1. The summed E-state index contributed by atoms with van der Waals surface area (Å²) in [4.78, 5) is 31.9. The second kappa shape index (κ2) is 7.94. The van der Waals surface area contributed by atoms with Crippen LogP contribution in [-0.4, -0.2) is 23.3 Å². The van der Waals surface area contributed by atoms with Gasteiger partial charge in [0.2, 0.25) is 5.91 Å². The normalized spacial score (nSPS) is 14.2. The van der Waals surface area contributed by atoms with Gasteiger partial charge in [-0.1, -0.05) is 36.4 Å². The third-order valence-corrected chi connectivity index (χ3v) is 5.97. The fourth-order valence-electron chi connectivity index (χ4n) is 3.33. The number of rotatable bonds is 4. The smallest absolute Gasteiger partial charge is 0.267 e. The molecule has 2 amide bonds. The Morgan fingerprint density at radius 3 is 2.71 bits per heavy atom. The van der Waals surface area contributed by atoms with Crippen LogP contribution in [0.25, 0.3) is 10.6 Å². The molecule has 0 unspecified atom stereocenters. The number of nitrogens with zero attached hydrogens (tertiary/aromatic N) is 2. The molecule has 0 bridgehead atoms. The first kappa shape index (κ1) is 18.4. The van der Waals surface area contributed by atoms with Gasteiger partial charge in [0.15, 0.2) is 0 Å². The number of carbonyl (C=O) groups is 2. The zero-order valence-corrected chi connectivity index (χ0v) is 16.5. The molecule has 1 aliphatic rings. The number of thiazole rings is 1. The fraction of sp³-hybridized carbons (Fsp3) is 0.227. The summed E-state index contributed by atoms with van der Waals surface area (Å²) in [5.74, 6) is -0.0418. The van der Waals surface area contributed by atoms with Crippen molar-refractivity contribution in [2.75, 3.05) is 16.8 Å². The van der Waals surface area contributed by atoms with E-state index in [0.29, 0.717) is 22.7 Å². The minimum absolute atomic E-state index is 0.139. The maximum absolute atomic E-state index is 12.8. The summed E-state index contributed by atoms with van der Waals surface area (Å²) < 4.78 is 0. The first-order valence-electron chi connectivity index (χ1n) is 9.36. The first-order valence-corrected chi connectivity index (χ1v) is 10.2. The molecule has 2 heterocycles. The van der Waals surface area contributed by atoms with Crippen LogP contribution in [0, 0.1) is 6.92 Å². The van der Waals surface area contributed by atoms with Gasteiger partial charge >= 0.3 is 0 Å². The van der Waals surface area contributed by atoms with Crippen LogP contribution in [0.3, 0.4) is 0 Å². The number of benzene rings is 2. The van der Waals surface area contributed by atoms with Crippen molar-refractivity contribution in [3.63, 3.8) is 0 Å². The molecular weight excluding hydrogens is 370 g/mol. The Labute approximate surface area is 168 Å². The summed E-state index contributed by atoms with van der Waals surface area (Å²) in [6.45, 7) is 2.57. The van der Waals surface area contributed by atoms with Crippen LogP contribution in [0.4, 0.5) is 11.4 Å². The first-order chi connectivity index (χ1) is 13.6. The van der Waals surface area contributed by atoms with E-state index in [4.69, 9.17) is 0 Å². The third-order valence-electron chi connectivity index (χ3n) is 4.76. The van der Waals surface area contributed by atoms with Gasteiger partial charge in [-0.25, -0.2) is 4.98 Å². The highest BCUT2D eigenvalue weighted by Gasteiger charge is 2.20. The average Bonchev–Trinajstić information content (AvgIpc) is 3.11. The summed E-state index contributed by atoms with van der Waals surface area (Å²) in [5.41, 5.74) is 3.22. The summed E-state index contributed by atoms with van der Waals surface area (Å²) >= 11 is 1.38. The highest BCUT2D eigenvalue weighted by molar-refractivity contribution is 7.17. The monoisotopic (exact) mass is 391 g/mol. The van der Waals surface area contributed by atoms with Gasteiger partial charge in [0.05, 0.1) is 5.69 Å². The number of hydrogen-bond donors (Lipinski definition) is 1. The fourth-order valence-corrected chi connectivity index (χ4v) is 4.30. The van der Waals surface area contributed by atoms with Gasteiger partial charge in [0.25, 0.3) is 5.91 Å². The second-order valence-electron chi connectivity index (χ2n) is 6.81. The number of piperidine rings is 1. The largest absolute Gasteiger partial charge is 0.321 e. The topological polar surface area (TPSA) is 62.3 Å². The van der Waals surface area contributed by atoms with E-state index in [2.05, 4.69) is 10.3 Å². The Bertz CT molecular complexity index is 1010. The molecule has 0 radical (unpaired) electrons. The number of nitrogens with one attached hydrogen (secondary N) is 1. The van der Waals surface area contributed by atoms with Crippen LogP contribution in [0.5, 0.6) is 0 Å². The van der Waals surface area contributed by atoms with E-state index in [1.807, 2.05) is 61.5 Å². The summed E-state index contributed by atoms with van der Waals surface area (Å²) in [5, 5.41) is 3.78. The zero-order valence-electron chi connectivity index (χ0n) is 15.6. The Balaban J connectivity index is 1.54. The molecule has 6 heteroatoms. The summed E-state index contributed by atoms with van der Waals surface area (Å²) in [7, 11) is 0. The van der Waals surface area contributed by atoms with Crippen LogP contribution < -0.4 is 10.2 Å². The molecule has 5 nitrogen and oxygen atoms in total. The number of aryl methyl sites for hydroxylation is 1. The molecule has 1 aliphatic heterocycles. The molecule has 0 aliphatic carbocycles. The predicted octanol–water partition coefficient (Wildman–Crippen LogP) is 4.89.